The van der Waals surface area contributed by atoms with E-state index < -0.39 is 12.0 Å². The Bertz CT molecular complexity index is 1440. The van der Waals surface area contributed by atoms with Gasteiger partial charge in [-0.2, -0.15) is 0 Å². The van der Waals surface area contributed by atoms with Crippen LogP contribution in [0, 0.1) is 5.92 Å². The van der Waals surface area contributed by atoms with E-state index in [9.17, 15) is 9.59 Å². The molecule has 1 unspecified atom stereocenters. The second kappa shape index (κ2) is 13.7. The monoisotopic (exact) mass is 590 g/mol. The summed E-state index contributed by atoms with van der Waals surface area (Å²) in [5.74, 6) is 1.49. The van der Waals surface area contributed by atoms with Crippen molar-refractivity contribution in [3.63, 3.8) is 0 Å². The molecule has 0 bridgehead atoms. The van der Waals surface area contributed by atoms with E-state index in [1.807, 2.05) is 12.1 Å². The van der Waals surface area contributed by atoms with E-state index in [2.05, 4.69) is 34.5 Å². The molecular weight excluding hydrogens is 552 g/mol. The highest BCUT2D eigenvalue weighted by Crippen LogP contribution is 2.47. The number of carbonyl (C=O) groups excluding carboxylic acids is 2. The molecule has 10 heteroatoms. The van der Waals surface area contributed by atoms with Crippen LogP contribution in [-0.2, 0) is 13.0 Å². The Labute approximate surface area is 251 Å². The van der Waals surface area contributed by atoms with Gasteiger partial charge < -0.3 is 33.7 Å². The molecule has 2 heterocycles. The number of rotatable bonds is 10. The van der Waals surface area contributed by atoms with Crippen LogP contribution >= 0.6 is 0 Å². The number of piperidine rings is 1. The number of hydrogen-bond donors (Lipinski definition) is 1. The number of ketones is 1. The second-order valence-corrected chi connectivity index (χ2v) is 10.6. The lowest BCUT2D eigenvalue weighted by atomic mass is 9.88. The third-order valence-electron chi connectivity index (χ3n) is 7.92. The van der Waals surface area contributed by atoms with Gasteiger partial charge in [-0.1, -0.05) is 36.4 Å². The van der Waals surface area contributed by atoms with Gasteiger partial charge in [-0.3, -0.25) is 9.69 Å². The molecule has 1 fully saturated rings. The van der Waals surface area contributed by atoms with E-state index in [4.69, 9.17) is 28.4 Å². The third kappa shape index (κ3) is 6.80. The topological polar surface area (TPSA) is 105 Å². The smallest absolute Gasteiger partial charge is 0.412 e. The number of carbonyl (C=O) groups is 2. The van der Waals surface area contributed by atoms with E-state index in [0.29, 0.717) is 35.0 Å². The van der Waals surface area contributed by atoms with E-state index in [1.165, 1.54) is 34.0 Å². The van der Waals surface area contributed by atoms with E-state index in [-0.39, 0.29) is 29.9 Å². The first-order valence-corrected chi connectivity index (χ1v) is 14.4. The molecule has 2 aliphatic rings. The molecule has 2 aliphatic heterocycles. The van der Waals surface area contributed by atoms with Gasteiger partial charge in [-0.25, -0.2) is 4.79 Å². The van der Waals surface area contributed by atoms with Gasteiger partial charge in [-0.15, -0.1) is 0 Å². The lowest BCUT2D eigenvalue weighted by Gasteiger charge is -2.32. The molecule has 10 nitrogen and oxygen atoms in total. The normalized spacial score (nSPS) is 16.9. The minimum Gasteiger partial charge on any atom is -0.493 e. The van der Waals surface area contributed by atoms with Gasteiger partial charge in [0.05, 0.1) is 41.0 Å². The molecule has 5 rings (SSSR count). The van der Waals surface area contributed by atoms with E-state index in [0.717, 1.165) is 38.0 Å². The Hall–Kier alpha value is -4.44. The zero-order chi connectivity index (χ0) is 30.3. The van der Waals surface area contributed by atoms with Gasteiger partial charge in [-0.05, 0) is 42.5 Å². The Kier molecular flexibility index (Phi) is 9.56. The molecule has 1 amide bonds. The number of nitrogens with zero attached hydrogens (tertiary/aromatic N) is 1. The highest BCUT2D eigenvalue weighted by molar-refractivity contribution is 6.05. The summed E-state index contributed by atoms with van der Waals surface area (Å²) < 4.78 is 33.5. The molecule has 0 saturated carbocycles. The summed E-state index contributed by atoms with van der Waals surface area (Å²) in [7, 11) is 5.99. The first-order valence-electron chi connectivity index (χ1n) is 14.4. The number of hydrogen-bond acceptors (Lipinski definition) is 9. The van der Waals surface area contributed by atoms with Crippen LogP contribution in [-0.4, -0.2) is 71.0 Å². The maximum Gasteiger partial charge on any atom is 0.412 e. The summed E-state index contributed by atoms with van der Waals surface area (Å²) in [6, 6.07) is 17.4. The fraction of sp³-hybridized carbons (Fsp3) is 0.394. The van der Waals surface area contributed by atoms with Crippen molar-refractivity contribution in [3.05, 3.63) is 71.3 Å². The largest absolute Gasteiger partial charge is 0.493 e. The zero-order valence-corrected chi connectivity index (χ0v) is 25.0. The van der Waals surface area contributed by atoms with Gasteiger partial charge in [0.2, 0.25) is 5.75 Å². The van der Waals surface area contributed by atoms with Crippen LogP contribution in [0.25, 0.3) is 0 Å². The van der Waals surface area contributed by atoms with Crippen molar-refractivity contribution in [1.82, 2.24) is 10.2 Å². The maximum absolute atomic E-state index is 13.6. The summed E-state index contributed by atoms with van der Waals surface area (Å²) in [5.41, 5.74) is 2.39. The Balaban J connectivity index is 1.22. The predicted octanol–water partition coefficient (Wildman–Crippen LogP) is 4.91. The average Bonchev–Trinajstić information content (AvgIpc) is 3.03. The first-order chi connectivity index (χ1) is 20.9. The number of methoxy groups -OCH3 is 4. The first kappa shape index (κ1) is 30.0. The molecule has 0 aliphatic carbocycles. The van der Waals surface area contributed by atoms with Crippen LogP contribution in [0.1, 0.15) is 34.3 Å². The summed E-state index contributed by atoms with van der Waals surface area (Å²) >= 11 is 0. The highest BCUT2D eigenvalue weighted by Gasteiger charge is 2.35. The van der Waals surface area contributed by atoms with Crippen molar-refractivity contribution in [1.29, 1.82) is 0 Å². The number of fused-ring (bicyclic) bond motifs is 1. The summed E-state index contributed by atoms with van der Waals surface area (Å²) in [5, 5.41) is 3.00. The minimum atomic E-state index is -0.534. The van der Waals surface area contributed by atoms with Crippen molar-refractivity contribution < 1.29 is 38.0 Å². The number of nitrogens with one attached hydrogen (secondary N) is 1. The van der Waals surface area contributed by atoms with Crippen LogP contribution in [0.3, 0.4) is 0 Å². The molecule has 0 aromatic heterocycles. The van der Waals surface area contributed by atoms with Gasteiger partial charge in [0, 0.05) is 31.7 Å². The third-order valence-corrected chi connectivity index (χ3v) is 7.92. The minimum absolute atomic E-state index is 0.0244. The molecule has 228 valence electrons. The molecule has 0 spiro atoms. The van der Waals surface area contributed by atoms with Crippen molar-refractivity contribution >= 4 is 11.9 Å². The summed E-state index contributed by atoms with van der Waals surface area (Å²) in [6.45, 7) is 2.86. The quantitative estimate of drug-likeness (QED) is 0.353. The van der Waals surface area contributed by atoms with Crippen molar-refractivity contribution in [2.75, 3.05) is 48.1 Å². The molecular formula is C33H38N2O8. The zero-order valence-electron chi connectivity index (χ0n) is 25.0. The Morgan fingerprint density at radius 2 is 1.58 bits per heavy atom. The molecule has 1 saturated heterocycles. The summed E-state index contributed by atoms with van der Waals surface area (Å²) in [6.07, 6.45) is 1.50. The highest BCUT2D eigenvalue weighted by atomic mass is 16.6. The number of likely N-dealkylation sites (tertiary alicyclic amines) is 1. The number of amides is 1. The number of Topliss-reactive ketones (excluding diaryl/α,β-unsaturated/α-hetero) is 1. The number of ether oxygens (including phenoxy) is 6. The molecule has 1 N–H and O–H groups in total. The second-order valence-electron chi connectivity index (χ2n) is 10.6. The molecule has 1 atom stereocenters. The van der Waals surface area contributed by atoms with Gasteiger partial charge >= 0.3 is 6.09 Å². The van der Waals surface area contributed by atoms with Crippen molar-refractivity contribution in [3.8, 4) is 34.5 Å². The molecule has 3 aromatic rings. The van der Waals surface area contributed by atoms with Crippen molar-refractivity contribution in [2.45, 2.75) is 31.8 Å². The molecule has 0 radical (unpaired) electrons. The number of benzene rings is 3. The maximum atomic E-state index is 13.6. The van der Waals surface area contributed by atoms with Gasteiger partial charge in [0.25, 0.3) is 0 Å². The van der Waals surface area contributed by atoms with Gasteiger partial charge in [0.1, 0.15) is 11.3 Å². The van der Waals surface area contributed by atoms with Gasteiger partial charge in [0.15, 0.2) is 28.8 Å². The van der Waals surface area contributed by atoms with Crippen molar-refractivity contribution in [2.24, 2.45) is 5.92 Å². The fourth-order valence-electron chi connectivity index (χ4n) is 5.69. The van der Waals surface area contributed by atoms with E-state index in [1.54, 1.807) is 18.2 Å². The Morgan fingerprint density at radius 1 is 0.860 bits per heavy atom. The van der Waals surface area contributed by atoms with Crippen LogP contribution in [0.4, 0.5) is 4.79 Å². The summed E-state index contributed by atoms with van der Waals surface area (Å²) in [4.78, 5) is 28.9. The molecule has 43 heavy (non-hydrogen) atoms. The van der Waals surface area contributed by atoms with E-state index >= 15 is 0 Å². The van der Waals surface area contributed by atoms with Crippen LogP contribution in [0.5, 0.6) is 34.5 Å². The fourth-order valence-corrected chi connectivity index (χ4v) is 5.69. The van der Waals surface area contributed by atoms with Crippen LogP contribution in [0.15, 0.2) is 54.6 Å². The SMILES string of the molecule is COc1ccc(CC2COc3cc(OC)c(OC)c(OC)c3C2=O)cc1OC(=O)NC1CCN(Cc2ccccc2)CC1. The van der Waals surface area contributed by atoms with Crippen LogP contribution in [0.2, 0.25) is 0 Å². The standard InChI is InChI=1S/C33H38N2O8/c1-38-25-11-10-22(16-23-20-42-27-18-28(39-2)31(40-3)32(41-4)29(27)30(23)36)17-26(25)43-33(37)34-24-12-14-35(15-13-24)19-21-8-6-5-7-9-21/h5-11,17-18,23-24H,12-16,19-20H2,1-4H3,(H,34,37). The van der Waals surface area contributed by atoms with Crippen LogP contribution < -0.4 is 33.7 Å². The predicted molar refractivity (Wildman–Crippen MR) is 160 cm³/mol. The lowest BCUT2D eigenvalue weighted by Crippen LogP contribution is -2.45. The Morgan fingerprint density at radius 3 is 2.26 bits per heavy atom. The lowest BCUT2D eigenvalue weighted by molar-refractivity contribution is 0.0823. The average molecular weight is 591 g/mol. The molecule has 3 aromatic carbocycles.